The van der Waals surface area contributed by atoms with Gasteiger partial charge >= 0.3 is 0 Å². The lowest BCUT2D eigenvalue weighted by Crippen LogP contribution is -2.24. The molecule has 1 aromatic heterocycles. The Morgan fingerprint density at radius 2 is 2.33 bits per heavy atom. The Morgan fingerprint density at radius 3 is 3.00 bits per heavy atom. The summed E-state index contributed by atoms with van der Waals surface area (Å²) in [5.74, 6) is 0. The van der Waals surface area contributed by atoms with Gasteiger partial charge in [0.15, 0.2) is 0 Å². The van der Waals surface area contributed by atoms with Crippen LogP contribution in [0.4, 0.5) is 0 Å². The van der Waals surface area contributed by atoms with Gasteiger partial charge in [-0.25, -0.2) is 0 Å². The maximum Gasteiger partial charge on any atom is 0.253 e. The van der Waals surface area contributed by atoms with Gasteiger partial charge in [0.2, 0.25) is 0 Å². The molecule has 0 saturated carbocycles. The van der Waals surface area contributed by atoms with Crippen LogP contribution in [0.2, 0.25) is 0 Å². The van der Waals surface area contributed by atoms with Crippen molar-refractivity contribution in [3.8, 4) is 0 Å². The molecule has 0 saturated heterocycles. The SMILES string of the molecule is COCCCn1cccc(CCN)c1=O. The molecule has 1 rings (SSSR count). The van der Waals surface area contributed by atoms with E-state index in [-0.39, 0.29) is 5.56 Å². The van der Waals surface area contributed by atoms with Crippen molar-refractivity contribution in [3.63, 3.8) is 0 Å². The molecule has 0 amide bonds. The Labute approximate surface area is 89.7 Å². The van der Waals surface area contributed by atoms with Crippen molar-refractivity contribution < 1.29 is 4.74 Å². The van der Waals surface area contributed by atoms with Gasteiger partial charge in [0.1, 0.15) is 0 Å². The summed E-state index contributed by atoms with van der Waals surface area (Å²) in [6.07, 6.45) is 3.30. The monoisotopic (exact) mass is 210 g/mol. The minimum absolute atomic E-state index is 0.0686. The Balaban J connectivity index is 2.71. The highest BCUT2D eigenvalue weighted by molar-refractivity contribution is 5.10. The summed E-state index contributed by atoms with van der Waals surface area (Å²) >= 11 is 0. The van der Waals surface area contributed by atoms with Gasteiger partial charge in [-0.3, -0.25) is 4.79 Å². The van der Waals surface area contributed by atoms with Gasteiger partial charge < -0.3 is 15.0 Å². The summed E-state index contributed by atoms with van der Waals surface area (Å²) in [7, 11) is 1.66. The predicted octanol–water partition coefficient (Wildman–Crippen LogP) is 0.386. The lowest BCUT2D eigenvalue weighted by Gasteiger charge is -2.06. The predicted molar refractivity (Wildman–Crippen MR) is 60.0 cm³/mol. The fourth-order valence-electron chi connectivity index (χ4n) is 1.49. The molecule has 1 aromatic rings. The minimum atomic E-state index is 0.0686. The van der Waals surface area contributed by atoms with E-state index in [2.05, 4.69) is 0 Å². The zero-order chi connectivity index (χ0) is 11.1. The maximum atomic E-state index is 11.8. The first kappa shape index (κ1) is 11.9. The second-order valence-electron chi connectivity index (χ2n) is 3.42. The van der Waals surface area contributed by atoms with Gasteiger partial charge in [0.05, 0.1) is 0 Å². The van der Waals surface area contributed by atoms with Gasteiger partial charge in [0, 0.05) is 32.0 Å². The van der Waals surface area contributed by atoms with Crippen molar-refractivity contribution in [2.75, 3.05) is 20.3 Å². The number of pyridine rings is 1. The zero-order valence-corrected chi connectivity index (χ0v) is 9.11. The van der Waals surface area contributed by atoms with Crippen LogP contribution in [0.15, 0.2) is 23.1 Å². The number of hydrogen-bond acceptors (Lipinski definition) is 3. The summed E-state index contributed by atoms with van der Waals surface area (Å²) in [5.41, 5.74) is 6.29. The third kappa shape index (κ3) is 3.49. The van der Waals surface area contributed by atoms with Crippen LogP contribution in [-0.2, 0) is 17.7 Å². The molecule has 0 aromatic carbocycles. The molecule has 0 spiro atoms. The van der Waals surface area contributed by atoms with E-state index in [9.17, 15) is 4.79 Å². The highest BCUT2D eigenvalue weighted by atomic mass is 16.5. The smallest absolute Gasteiger partial charge is 0.253 e. The van der Waals surface area contributed by atoms with E-state index in [1.165, 1.54) is 0 Å². The molecule has 1 heterocycles. The quantitative estimate of drug-likeness (QED) is 0.691. The van der Waals surface area contributed by atoms with Gasteiger partial charge in [-0.05, 0) is 25.5 Å². The van der Waals surface area contributed by atoms with Crippen LogP contribution in [-0.4, -0.2) is 24.8 Å². The van der Waals surface area contributed by atoms with Crippen molar-refractivity contribution in [2.45, 2.75) is 19.4 Å². The number of ether oxygens (including phenoxy) is 1. The van der Waals surface area contributed by atoms with E-state index in [0.717, 1.165) is 12.0 Å². The van der Waals surface area contributed by atoms with Crippen LogP contribution in [0.5, 0.6) is 0 Å². The van der Waals surface area contributed by atoms with E-state index in [1.54, 1.807) is 17.9 Å². The maximum absolute atomic E-state index is 11.8. The van der Waals surface area contributed by atoms with Gasteiger partial charge in [-0.1, -0.05) is 6.07 Å². The molecule has 0 aliphatic rings. The Bertz CT molecular complexity index is 347. The van der Waals surface area contributed by atoms with Gasteiger partial charge in [0.25, 0.3) is 5.56 Å². The molecule has 4 heteroatoms. The van der Waals surface area contributed by atoms with E-state index in [1.807, 2.05) is 12.1 Å². The molecule has 0 bridgehead atoms. The van der Waals surface area contributed by atoms with Crippen molar-refractivity contribution in [3.05, 3.63) is 34.2 Å². The van der Waals surface area contributed by atoms with Crippen molar-refractivity contribution in [1.82, 2.24) is 4.57 Å². The summed E-state index contributed by atoms with van der Waals surface area (Å²) < 4.78 is 6.66. The summed E-state index contributed by atoms with van der Waals surface area (Å²) in [5, 5.41) is 0. The fourth-order valence-corrected chi connectivity index (χ4v) is 1.49. The summed E-state index contributed by atoms with van der Waals surface area (Å²) in [4.78, 5) is 11.8. The van der Waals surface area contributed by atoms with Crippen LogP contribution in [0.1, 0.15) is 12.0 Å². The average molecular weight is 210 g/mol. The third-order valence-electron chi connectivity index (χ3n) is 2.26. The number of hydrogen-bond donors (Lipinski definition) is 1. The van der Waals surface area contributed by atoms with Crippen molar-refractivity contribution >= 4 is 0 Å². The molecular formula is C11H18N2O2. The molecular weight excluding hydrogens is 192 g/mol. The van der Waals surface area contributed by atoms with Crippen LogP contribution in [0.25, 0.3) is 0 Å². The molecule has 0 aliphatic heterocycles. The fraction of sp³-hybridized carbons (Fsp3) is 0.545. The molecule has 0 fully saturated rings. The van der Waals surface area contributed by atoms with Crippen LogP contribution < -0.4 is 11.3 Å². The molecule has 0 atom stereocenters. The molecule has 4 nitrogen and oxygen atoms in total. The number of aryl methyl sites for hydroxylation is 1. The Morgan fingerprint density at radius 1 is 1.53 bits per heavy atom. The first-order chi connectivity index (χ1) is 7.29. The second-order valence-corrected chi connectivity index (χ2v) is 3.42. The van der Waals surface area contributed by atoms with E-state index in [0.29, 0.717) is 26.1 Å². The largest absolute Gasteiger partial charge is 0.385 e. The summed E-state index contributed by atoms with van der Waals surface area (Å²) in [6.45, 7) is 1.88. The summed E-state index contributed by atoms with van der Waals surface area (Å²) in [6, 6.07) is 3.72. The lowest BCUT2D eigenvalue weighted by molar-refractivity contribution is 0.190. The van der Waals surface area contributed by atoms with E-state index in [4.69, 9.17) is 10.5 Å². The molecule has 15 heavy (non-hydrogen) atoms. The Hall–Kier alpha value is -1.13. The first-order valence-corrected chi connectivity index (χ1v) is 5.17. The second kappa shape index (κ2) is 6.37. The molecule has 0 aliphatic carbocycles. The molecule has 84 valence electrons. The number of nitrogens with two attached hydrogens (primary N) is 1. The number of methoxy groups -OCH3 is 1. The third-order valence-corrected chi connectivity index (χ3v) is 2.26. The topological polar surface area (TPSA) is 57.2 Å². The van der Waals surface area contributed by atoms with Crippen LogP contribution in [0, 0.1) is 0 Å². The lowest BCUT2D eigenvalue weighted by atomic mass is 10.2. The van der Waals surface area contributed by atoms with Crippen molar-refractivity contribution in [2.24, 2.45) is 5.73 Å². The van der Waals surface area contributed by atoms with Crippen LogP contribution >= 0.6 is 0 Å². The van der Waals surface area contributed by atoms with Crippen LogP contribution in [0.3, 0.4) is 0 Å². The van der Waals surface area contributed by atoms with Gasteiger partial charge in [-0.15, -0.1) is 0 Å². The van der Waals surface area contributed by atoms with Gasteiger partial charge in [-0.2, -0.15) is 0 Å². The first-order valence-electron chi connectivity index (χ1n) is 5.17. The highest BCUT2D eigenvalue weighted by Crippen LogP contribution is 1.94. The molecule has 2 N–H and O–H groups in total. The minimum Gasteiger partial charge on any atom is -0.385 e. The molecule has 0 radical (unpaired) electrons. The standard InChI is InChI=1S/C11H18N2O2/c1-15-9-3-8-13-7-2-4-10(5-6-12)11(13)14/h2,4,7H,3,5-6,8-9,12H2,1H3. The van der Waals surface area contributed by atoms with Crippen molar-refractivity contribution in [1.29, 1.82) is 0 Å². The van der Waals surface area contributed by atoms with E-state index < -0.39 is 0 Å². The normalized spacial score (nSPS) is 10.5. The Kier molecular flexibility index (Phi) is 5.07. The zero-order valence-electron chi connectivity index (χ0n) is 9.11. The number of rotatable bonds is 6. The molecule has 0 unspecified atom stereocenters. The van der Waals surface area contributed by atoms with E-state index >= 15 is 0 Å². The highest BCUT2D eigenvalue weighted by Gasteiger charge is 2.01. The number of aromatic nitrogens is 1. The average Bonchev–Trinajstić information content (AvgIpc) is 2.24. The number of nitrogens with zero attached hydrogens (tertiary/aromatic N) is 1.